The summed E-state index contributed by atoms with van der Waals surface area (Å²) in [5.41, 5.74) is -1.96. The summed E-state index contributed by atoms with van der Waals surface area (Å²) in [5.74, 6) is -0.305. The highest BCUT2D eigenvalue weighted by Crippen LogP contribution is 2.49. The molecule has 8 heteroatoms. The second-order valence-electron chi connectivity index (χ2n) is 6.77. The molecule has 2 heterocycles. The fourth-order valence-corrected chi connectivity index (χ4v) is 3.83. The summed E-state index contributed by atoms with van der Waals surface area (Å²) in [6, 6.07) is 20.4. The molecule has 0 N–H and O–H groups in total. The van der Waals surface area contributed by atoms with E-state index in [4.69, 9.17) is 16.3 Å². The second-order valence-corrected chi connectivity index (χ2v) is 7.21. The van der Waals surface area contributed by atoms with Gasteiger partial charge in [0.1, 0.15) is 0 Å². The number of hydrogen-bond acceptors (Lipinski definition) is 3. The van der Waals surface area contributed by atoms with E-state index in [1.54, 1.807) is 48.5 Å². The summed E-state index contributed by atoms with van der Waals surface area (Å²) in [6.45, 7) is 0. The molecule has 0 spiro atoms. The van der Waals surface area contributed by atoms with E-state index < -0.39 is 11.9 Å². The number of imidazole rings is 1. The molecule has 1 aromatic heterocycles. The maximum atomic E-state index is 14.9. The van der Waals surface area contributed by atoms with Crippen molar-refractivity contribution in [2.45, 2.75) is 11.9 Å². The first-order valence-corrected chi connectivity index (χ1v) is 9.42. The second kappa shape index (κ2) is 6.60. The van der Waals surface area contributed by atoms with E-state index in [1.807, 2.05) is 0 Å². The molecule has 3 aromatic carbocycles. The zero-order valence-corrected chi connectivity index (χ0v) is 16.0. The molecule has 4 aromatic rings. The average molecular weight is 428 g/mol. The van der Waals surface area contributed by atoms with Gasteiger partial charge in [-0.05, 0) is 30.3 Å². The molecule has 1 aliphatic heterocycles. The molecule has 150 valence electrons. The Balaban J connectivity index is 1.88. The third kappa shape index (κ3) is 2.69. The van der Waals surface area contributed by atoms with E-state index in [0.29, 0.717) is 16.1 Å². The fourth-order valence-electron chi connectivity index (χ4n) is 3.64. The molecule has 0 radical (unpaired) electrons. The normalized spacial score (nSPS) is 18.6. The minimum absolute atomic E-state index is 0.0867. The Hall–Kier alpha value is -3.32. The Kier molecular flexibility index (Phi) is 4.11. The maximum absolute atomic E-state index is 14.9. The van der Waals surface area contributed by atoms with Crippen LogP contribution in [0.1, 0.15) is 11.1 Å². The Morgan fingerprint density at radius 3 is 2.37 bits per heavy atom. The molecule has 5 rings (SSSR count). The Bertz CT molecular complexity index is 1280. The lowest BCUT2D eigenvalue weighted by molar-refractivity contribution is -0.271. The number of nitrogens with zero attached hydrogens (tertiary/aromatic N) is 3. The Morgan fingerprint density at radius 2 is 1.63 bits per heavy atom. The largest absolute Gasteiger partial charge is 0.454 e. The molecule has 4 nitrogen and oxygen atoms in total. The van der Waals surface area contributed by atoms with Crippen LogP contribution in [0.5, 0.6) is 0 Å². The van der Waals surface area contributed by atoms with E-state index >= 15 is 0 Å². The SMILES string of the molecule is FC(F)(F)[C@]1(c2ccccc2)OC(c2cccc(Cl)c2)=Nc2nc3ccccc3n21. The van der Waals surface area contributed by atoms with E-state index in [0.717, 1.165) is 4.57 Å². The number of alkyl halides is 3. The number of benzene rings is 3. The van der Waals surface area contributed by atoms with Crippen molar-refractivity contribution in [2.24, 2.45) is 4.99 Å². The molecule has 1 aliphatic rings. The first-order valence-electron chi connectivity index (χ1n) is 9.04. The quantitative estimate of drug-likeness (QED) is 0.390. The summed E-state index contributed by atoms with van der Waals surface area (Å²) >= 11 is 6.05. The molecule has 0 fully saturated rings. The summed E-state index contributed by atoms with van der Waals surface area (Å²) in [7, 11) is 0. The van der Waals surface area contributed by atoms with Gasteiger partial charge in [0.05, 0.1) is 11.0 Å². The zero-order chi connectivity index (χ0) is 20.9. The maximum Gasteiger partial charge on any atom is 0.454 e. The van der Waals surface area contributed by atoms with E-state index in [9.17, 15) is 13.2 Å². The van der Waals surface area contributed by atoms with Crippen LogP contribution in [-0.4, -0.2) is 21.6 Å². The Morgan fingerprint density at radius 1 is 0.900 bits per heavy atom. The van der Waals surface area contributed by atoms with Crippen LogP contribution in [0.15, 0.2) is 83.9 Å². The minimum atomic E-state index is -4.83. The van der Waals surface area contributed by atoms with Crippen LogP contribution in [0.4, 0.5) is 19.1 Å². The average Bonchev–Trinajstić information content (AvgIpc) is 3.11. The van der Waals surface area contributed by atoms with Crippen molar-refractivity contribution in [3.05, 3.63) is 95.0 Å². The zero-order valence-electron chi connectivity index (χ0n) is 15.3. The van der Waals surface area contributed by atoms with Gasteiger partial charge in [0.2, 0.25) is 11.8 Å². The van der Waals surface area contributed by atoms with Crippen LogP contribution < -0.4 is 0 Å². The van der Waals surface area contributed by atoms with Crippen molar-refractivity contribution < 1.29 is 17.9 Å². The number of para-hydroxylation sites is 2. The molecule has 0 aliphatic carbocycles. The van der Waals surface area contributed by atoms with Crippen LogP contribution >= 0.6 is 11.6 Å². The van der Waals surface area contributed by atoms with Gasteiger partial charge in [0.15, 0.2) is 0 Å². The molecule has 1 atom stereocenters. The molecular formula is C22H13ClF3N3O. The van der Waals surface area contributed by atoms with Crippen molar-refractivity contribution >= 4 is 34.5 Å². The number of ether oxygens (including phenoxy) is 1. The van der Waals surface area contributed by atoms with Crippen molar-refractivity contribution in [3.63, 3.8) is 0 Å². The van der Waals surface area contributed by atoms with Gasteiger partial charge >= 0.3 is 11.9 Å². The van der Waals surface area contributed by atoms with E-state index in [1.165, 1.54) is 30.3 Å². The molecule has 30 heavy (non-hydrogen) atoms. The van der Waals surface area contributed by atoms with Crippen molar-refractivity contribution in [3.8, 4) is 0 Å². The highest BCUT2D eigenvalue weighted by Gasteiger charge is 2.63. The Labute approximate surface area is 174 Å². The van der Waals surface area contributed by atoms with Gasteiger partial charge in [-0.25, -0.2) is 4.98 Å². The van der Waals surface area contributed by atoms with Crippen molar-refractivity contribution in [1.82, 2.24) is 9.55 Å². The van der Waals surface area contributed by atoms with Gasteiger partial charge in [-0.3, -0.25) is 4.57 Å². The highest BCUT2D eigenvalue weighted by molar-refractivity contribution is 6.31. The summed E-state index contributed by atoms with van der Waals surface area (Å²) in [5, 5.41) is 0.357. The molecule has 0 amide bonds. The van der Waals surface area contributed by atoms with Crippen LogP contribution in [0.25, 0.3) is 11.0 Å². The van der Waals surface area contributed by atoms with Gasteiger partial charge in [-0.15, -0.1) is 0 Å². The van der Waals surface area contributed by atoms with Crippen molar-refractivity contribution in [1.29, 1.82) is 0 Å². The third-order valence-corrected chi connectivity index (χ3v) is 5.16. The molecule has 0 saturated carbocycles. The fraction of sp³-hybridized carbons (Fsp3) is 0.0909. The van der Waals surface area contributed by atoms with Crippen molar-refractivity contribution in [2.75, 3.05) is 0 Å². The predicted molar refractivity (Wildman–Crippen MR) is 108 cm³/mol. The lowest BCUT2D eigenvalue weighted by Crippen LogP contribution is -2.53. The van der Waals surface area contributed by atoms with Gasteiger partial charge in [-0.2, -0.15) is 18.2 Å². The first kappa shape index (κ1) is 18.7. The van der Waals surface area contributed by atoms with Gasteiger partial charge in [0, 0.05) is 16.1 Å². The lowest BCUT2D eigenvalue weighted by Gasteiger charge is -2.40. The summed E-state index contributed by atoms with van der Waals surface area (Å²) in [6.07, 6.45) is -4.83. The number of aromatic nitrogens is 2. The van der Waals surface area contributed by atoms with Crippen LogP contribution in [0.3, 0.4) is 0 Å². The number of halogens is 4. The lowest BCUT2D eigenvalue weighted by atomic mass is 10.00. The minimum Gasteiger partial charge on any atom is -0.436 e. The number of aliphatic imine (C=N–C) groups is 1. The van der Waals surface area contributed by atoms with Gasteiger partial charge in [-0.1, -0.05) is 60.1 Å². The van der Waals surface area contributed by atoms with Crippen LogP contribution in [-0.2, 0) is 10.5 Å². The predicted octanol–water partition coefficient (Wildman–Crippen LogP) is 6.06. The van der Waals surface area contributed by atoms with E-state index in [-0.39, 0.29) is 22.9 Å². The number of hydrogen-bond donors (Lipinski definition) is 0. The first-order chi connectivity index (χ1) is 14.4. The van der Waals surface area contributed by atoms with Crippen LogP contribution in [0.2, 0.25) is 5.02 Å². The monoisotopic (exact) mass is 427 g/mol. The molecule has 0 unspecified atom stereocenters. The van der Waals surface area contributed by atoms with Gasteiger partial charge in [0.25, 0.3) is 0 Å². The summed E-state index contributed by atoms with van der Waals surface area (Å²) < 4.78 is 51.4. The van der Waals surface area contributed by atoms with E-state index in [2.05, 4.69) is 9.98 Å². The third-order valence-electron chi connectivity index (χ3n) is 4.92. The highest BCUT2D eigenvalue weighted by atomic mass is 35.5. The molecule has 0 saturated heterocycles. The molecule has 0 bridgehead atoms. The van der Waals surface area contributed by atoms with Gasteiger partial charge < -0.3 is 4.74 Å². The topological polar surface area (TPSA) is 39.4 Å². The number of rotatable bonds is 2. The molecular weight excluding hydrogens is 415 g/mol. The number of fused-ring (bicyclic) bond motifs is 3. The standard InChI is InChI=1S/C22H13ClF3N3O/c23-16-10-6-7-14(13-16)19-28-20-27-17-11-4-5-12-18(17)29(20)21(30-19,22(24,25)26)15-8-2-1-3-9-15/h1-13H/t21-/m0/s1. The van der Waals surface area contributed by atoms with Crippen LogP contribution in [0, 0.1) is 0 Å². The summed E-state index contributed by atoms with van der Waals surface area (Å²) in [4.78, 5) is 8.66. The smallest absolute Gasteiger partial charge is 0.436 e.